The average molecular weight is 370 g/mol. The molecule has 0 amide bonds. The van der Waals surface area contributed by atoms with E-state index in [0.29, 0.717) is 0 Å². The Morgan fingerprint density at radius 1 is 0.750 bits per heavy atom. The molecule has 0 nitrogen and oxygen atoms in total. The largest absolute Gasteiger partial charge is 0.360 e. The second-order valence-corrected chi connectivity index (χ2v) is 4.44. The minimum atomic E-state index is -5.89. The summed E-state index contributed by atoms with van der Waals surface area (Å²) in [4.78, 5) is 0. The van der Waals surface area contributed by atoms with E-state index in [-0.39, 0.29) is 22.6 Å². The maximum Gasteiger partial charge on any atom is 0.360 e. The van der Waals surface area contributed by atoms with E-state index in [9.17, 15) is 39.5 Å². The average Bonchev–Trinajstić information content (AvgIpc) is 2.13. The molecule has 2 atom stereocenters. The Morgan fingerprint density at radius 2 is 1.12 bits per heavy atom. The van der Waals surface area contributed by atoms with Crippen LogP contribution in [0.4, 0.5) is 39.5 Å². The van der Waals surface area contributed by atoms with Crippen LogP contribution >= 0.6 is 22.6 Å². The van der Waals surface area contributed by atoms with Gasteiger partial charge in [-0.15, -0.1) is 0 Å². The van der Waals surface area contributed by atoms with Crippen molar-refractivity contribution in [2.75, 3.05) is 0 Å². The molecule has 0 aliphatic heterocycles. The summed E-state index contributed by atoms with van der Waals surface area (Å²) < 4.78 is 107. The first-order chi connectivity index (χ1) is 6.85. The normalized spacial score (nSPS) is 40.1. The lowest BCUT2D eigenvalue weighted by Crippen LogP contribution is -2.83. The zero-order valence-corrected chi connectivity index (χ0v) is 8.94. The summed E-state index contributed by atoms with van der Waals surface area (Å²) in [6.45, 7) is 0. The van der Waals surface area contributed by atoms with Crippen molar-refractivity contribution in [3.05, 3.63) is 11.9 Å². The van der Waals surface area contributed by atoms with Gasteiger partial charge < -0.3 is 0 Å². The molecule has 16 heavy (non-hydrogen) atoms. The van der Waals surface area contributed by atoms with Crippen molar-refractivity contribution in [1.82, 2.24) is 0 Å². The van der Waals surface area contributed by atoms with Crippen molar-refractivity contribution in [2.45, 2.75) is 21.2 Å². The number of hydrogen-bond acceptors (Lipinski definition) is 0. The molecule has 0 aromatic carbocycles. The van der Waals surface area contributed by atoms with Crippen LogP contribution in [0.1, 0.15) is 0 Å². The zero-order chi connectivity index (χ0) is 13.2. The van der Waals surface area contributed by atoms with Gasteiger partial charge in [-0.1, -0.05) is 0 Å². The van der Waals surface area contributed by atoms with Gasteiger partial charge in [-0.25, -0.2) is 13.2 Å². The lowest BCUT2D eigenvalue weighted by atomic mass is 9.71. The molecule has 0 aromatic heterocycles. The molecule has 10 heteroatoms. The highest BCUT2D eigenvalue weighted by Gasteiger charge is 2.99. The third-order valence-electron chi connectivity index (χ3n) is 2.12. The SMILES string of the molecule is FC(F)=C(F)C1(F)C(F)(F)C(F)(F)C1(F)I. The van der Waals surface area contributed by atoms with E-state index >= 15 is 0 Å². The Balaban J connectivity index is 3.43. The Labute approximate surface area is 95.6 Å². The van der Waals surface area contributed by atoms with Crippen LogP contribution in [0.15, 0.2) is 11.9 Å². The molecule has 1 aliphatic carbocycles. The van der Waals surface area contributed by atoms with E-state index in [1.165, 1.54) is 0 Å². The molecule has 0 aromatic rings. The fraction of sp³-hybridized carbons (Fsp3) is 0.667. The first kappa shape index (κ1) is 13.9. The Hall–Kier alpha value is -0.160. The molecule has 1 fully saturated rings. The number of rotatable bonds is 1. The topological polar surface area (TPSA) is 0 Å². The van der Waals surface area contributed by atoms with Gasteiger partial charge in [0.2, 0.25) is 5.83 Å². The molecule has 0 saturated heterocycles. The third kappa shape index (κ3) is 1.09. The molecule has 0 heterocycles. The standard InChI is InChI=1S/C6F9I/c7-1(2(8)9)3(10)4(11,12)5(13,14)6(3,15)16. The minimum Gasteiger partial charge on any atom is -0.224 e. The van der Waals surface area contributed by atoms with Crippen LogP contribution in [0.3, 0.4) is 0 Å². The van der Waals surface area contributed by atoms with Crippen molar-refractivity contribution < 1.29 is 39.5 Å². The highest BCUT2D eigenvalue weighted by Crippen LogP contribution is 2.73. The van der Waals surface area contributed by atoms with Crippen molar-refractivity contribution in [2.24, 2.45) is 0 Å². The lowest BCUT2D eigenvalue weighted by Gasteiger charge is -2.54. The second kappa shape index (κ2) is 3.19. The summed E-state index contributed by atoms with van der Waals surface area (Å²) in [7, 11) is 0. The predicted octanol–water partition coefficient (Wildman–Crippen LogP) is 4.16. The molecule has 0 radical (unpaired) electrons. The molecule has 1 rings (SSSR count). The predicted molar refractivity (Wildman–Crippen MR) is 41.9 cm³/mol. The van der Waals surface area contributed by atoms with Gasteiger partial charge >= 0.3 is 17.9 Å². The molecular weight excluding hydrogens is 370 g/mol. The van der Waals surface area contributed by atoms with Gasteiger partial charge in [0.1, 0.15) is 0 Å². The van der Waals surface area contributed by atoms with Crippen LogP contribution in [0.2, 0.25) is 0 Å². The molecule has 0 N–H and O–H groups in total. The van der Waals surface area contributed by atoms with Gasteiger partial charge in [0.25, 0.3) is 9.34 Å². The highest BCUT2D eigenvalue weighted by atomic mass is 127. The van der Waals surface area contributed by atoms with Crippen LogP contribution in [0, 0.1) is 0 Å². The lowest BCUT2D eigenvalue weighted by molar-refractivity contribution is -0.394. The maximum absolute atomic E-state index is 13.1. The van der Waals surface area contributed by atoms with E-state index in [1.807, 2.05) is 0 Å². The van der Waals surface area contributed by atoms with E-state index < -0.39 is 33.1 Å². The van der Waals surface area contributed by atoms with Gasteiger partial charge in [0.15, 0.2) is 0 Å². The Kier molecular flexibility index (Phi) is 2.77. The van der Waals surface area contributed by atoms with E-state index in [2.05, 4.69) is 0 Å². The minimum absolute atomic E-state index is 0.156. The highest BCUT2D eigenvalue weighted by molar-refractivity contribution is 14.1. The number of allylic oxidation sites excluding steroid dienone is 1. The Morgan fingerprint density at radius 3 is 1.38 bits per heavy atom. The molecule has 0 spiro atoms. The summed E-state index contributed by atoms with van der Waals surface area (Å²) in [5.74, 6) is -15.0. The number of hydrogen-bond donors (Lipinski definition) is 0. The van der Waals surface area contributed by atoms with Crippen molar-refractivity contribution >= 4 is 22.6 Å². The molecule has 1 aliphatic rings. The fourth-order valence-electron chi connectivity index (χ4n) is 1.17. The molecule has 1 saturated carbocycles. The van der Waals surface area contributed by atoms with Crippen molar-refractivity contribution in [1.29, 1.82) is 0 Å². The molecule has 0 bridgehead atoms. The second-order valence-electron chi connectivity index (χ2n) is 2.96. The number of alkyl halides is 7. The molecule has 94 valence electrons. The summed E-state index contributed by atoms with van der Waals surface area (Å²) in [5.41, 5.74) is -5.37. The quantitative estimate of drug-likeness (QED) is 0.370. The first-order valence-corrected chi connectivity index (χ1v) is 4.47. The van der Waals surface area contributed by atoms with Crippen molar-refractivity contribution in [3.8, 4) is 0 Å². The van der Waals surface area contributed by atoms with Gasteiger partial charge in [0.05, 0.1) is 0 Å². The van der Waals surface area contributed by atoms with Crippen LogP contribution in [0.25, 0.3) is 0 Å². The summed E-state index contributed by atoms with van der Waals surface area (Å²) in [6, 6.07) is 0. The van der Waals surface area contributed by atoms with E-state index in [4.69, 9.17) is 0 Å². The van der Waals surface area contributed by atoms with Gasteiger partial charge in [-0.2, -0.15) is 26.3 Å². The van der Waals surface area contributed by atoms with Gasteiger partial charge in [0, 0.05) is 0 Å². The van der Waals surface area contributed by atoms with E-state index in [1.54, 1.807) is 0 Å². The van der Waals surface area contributed by atoms with E-state index in [0.717, 1.165) is 0 Å². The van der Waals surface area contributed by atoms with Gasteiger partial charge in [-0.05, 0) is 22.6 Å². The monoisotopic (exact) mass is 370 g/mol. The van der Waals surface area contributed by atoms with Crippen LogP contribution < -0.4 is 0 Å². The molecular formula is C6F9I. The zero-order valence-electron chi connectivity index (χ0n) is 6.78. The smallest absolute Gasteiger partial charge is 0.224 e. The summed E-state index contributed by atoms with van der Waals surface area (Å²) >= 11 is -0.156. The third-order valence-corrected chi connectivity index (χ3v) is 3.54. The van der Waals surface area contributed by atoms with Crippen LogP contribution in [0.5, 0.6) is 0 Å². The summed E-state index contributed by atoms with van der Waals surface area (Å²) in [5, 5.41) is 0. The van der Waals surface area contributed by atoms with Crippen molar-refractivity contribution in [3.63, 3.8) is 0 Å². The summed E-state index contributed by atoms with van der Waals surface area (Å²) in [6.07, 6.45) is -3.61. The maximum atomic E-state index is 13.1. The van der Waals surface area contributed by atoms with Crippen LogP contribution in [-0.2, 0) is 0 Å². The van der Waals surface area contributed by atoms with Crippen LogP contribution in [-0.4, -0.2) is 21.2 Å². The van der Waals surface area contributed by atoms with Gasteiger partial charge in [-0.3, -0.25) is 0 Å². The fourth-order valence-corrected chi connectivity index (χ4v) is 2.08. The first-order valence-electron chi connectivity index (χ1n) is 3.39. The molecule has 2 unspecified atom stereocenters. The number of halogens is 10. The Bertz CT molecular complexity index is 335.